The van der Waals surface area contributed by atoms with Gasteiger partial charge in [-0.25, -0.2) is 4.79 Å². The van der Waals surface area contributed by atoms with E-state index in [2.05, 4.69) is 16.0 Å². The molecule has 0 bridgehead atoms. The summed E-state index contributed by atoms with van der Waals surface area (Å²) in [5.74, 6) is 0.175. The van der Waals surface area contributed by atoms with Gasteiger partial charge in [0.2, 0.25) is 11.8 Å². The van der Waals surface area contributed by atoms with Crippen molar-refractivity contribution in [3.8, 4) is 0 Å². The first-order chi connectivity index (χ1) is 13.2. The Morgan fingerprint density at radius 2 is 1.57 bits per heavy atom. The SMILES string of the molecule is CC(C)(C)OC(=O)NCCC(=O)Nc1ccccc1NC(=O)CC1CCCC1. The van der Waals surface area contributed by atoms with Crippen LogP contribution in [0.2, 0.25) is 0 Å². The molecular weight excluding hydrogens is 358 g/mol. The molecule has 2 rings (SSSR count). The van der Waals surface area contributed by atoms with Crippen molar-refractivity contribution in [1.82, 2.24) is 5.32 Å². The Balaban J connectivity index is 1.80. The molecule has 3 amide bonds. The van der Waals surface area contributed by atoms with E-state index in [0.29, 0.717) is 23.7 Å². The lowest BCUT2D eigenvalue weighted by Crippen LogP contribution is -2.34. The van der Waals surface area contributed by atoms with E-state index < -0.39 is 11.7 Å². The topological polar surface area (TPSA) is 96.5 Å². The van der Waals surface area contributed by atoms with E-state index in [1.807, 2.05) is 6.07 Å². The average Bonchev–Trinajstić information content (AvgIpc) is 3.07. The molecule has 0 heterocycles. The highest BCUT2D eigenvalue weighted by molar-refractivity contribution is 5.99. The Bertz CT molecular complexity index is 691. The summed E-state index contributed by atoms with van der Waals surface area (Å²) in [5, 5.41) is 8.24. The molecule has 0 aromatic heterocycles. The van der Waals surface area contributed by atoms with Crippen molar-refractivity contribution >= 4 is 29.3 Å². The summed E-state index contributed by atoms with van der Waals surface area (Å²) in [5.41, 5.74) is 0.547. The van der Waals surface area contributed by atoms with Crippen molar-refractivity contribution < 1.29 is 19.1 Å². The molecular formula is C21H31N3O4. The second-order valence-electron chi connectivity index (χ2n) is 8.18. The van der Waals surface area contributed by atoms with E-state index in [1.165, 1.54) is 12.8 Å². The first kappa shape index (κ1) is 21.7. The van der Waals surface area contributed by atoms with Crippen LogP contribution in [-0.2, 0) is 14.3 Å². The average molecular weight is 389 g/mol. The van der Waals surface area contributed by atoms with Crippen LogP contribution in [0, 0.1) is 5.92 Å². The number of carbonyl (C=O) groups excluding carboxylic acids is 3. The lowest BCUT2D eigenvalue weighted by atomic mass is 10.0. The van der Waals surface area contributed by atoms with Gasteiger partial charge in [0.1, 0.15) is 5.60 Å². The minimum atomic E-state index is -0.581. The third kappa shape index (κ3) is 7.98. The van der Waals surface area contributed by atoms with Gasteiger partial charge < -0.3 is 20.7 Å². The van der Waals surface area contributed by atoms with E-state index >= 15 is 0 Å². The molecule has 1 aromatic rings. The highest BCUT2D eigenvalue weighted by atomic mass is 16.6. The normalized spacial score (nSPS) is 14.4. The van der Waals surface area contributed by atoms with E-state index in [1.54, 1.807) is 39.0 Å². The van der Waals surface area contributed by atoms with Crippen LogP contribution < -0.4 is 16.0 Å². The Kier molecular flexibility index (Phi) is 7.84. The second-order valence-corrected chi connectivity index (χ2v) is 8.18. The smallest absolute Gasteiger partial charge is 0.407 e. The third-order valence-electron chi connectivity index (χ3n) is 4.44. The zero-order valence-electron chi connectivity index (χ0n) is 17.0. The summed E-state index contributed by atoms with van der Waals surface area (Å²) in [4.78, 5) is 36.1. The van der Waals surface area contributed by atoms with Crippen molar-refractivity contribution in [2.45, 2.75) is 64.9 Å². The summed E-state index contributed by atoms with van der Waals surface area (Å²) in [6, 6.07) is 7.11. The fourth-order valence-electron chi connectivity index (χ4n) is 3.18. The fourth-order valence-corrected chi connectivity index (χ4v) is 3.18. The number of benzene rings is 1. The molecule has 1 fully saturated rings. The highest BCUT2D eigenvalue weighted by Gasteiger charge is 2.19. The minimum Gasteiger partial charge on any atom is -0.444 e. The maximum Gasteiger partial charge on any atom is 0.407 e. The molecule has 0 radical (unpaired) electrons. The Hall–Kier alpha value is -2.57. The number of para-hydroxylation sites is 2. The minimum absolute atomic E-state index is 0.0276. The van der Waals surface area contributed by atoms with Gasteiger partial charge in [-0.1, -0.05) is 25.0 Å². The Morgan fingerprint density at radius 3 is 2.14 bits per heavy atom. The molecule has 1 aliphatic carbocycles. The lowest BCUT2D eigenvalue weighted by molar-refractivity contribution is -0.117. The predicted molar refractivity (Wildman–Crippen MR) is 109 cm³/mol. The molecule has 0 unspecified atom stereocenters. The fraction of sp³-hybridized carbons (Fsp3) is 0.571. The van der Waals surface area contributed by atoms with Crippen LogP contribution in [-0.4, -0.2) is 30.1 Å². The third-order valence-corrected chi connectivity index (χ3v) is 4.44. The molecule has 0 spiro atoms. The molecule has 7 heteroatoms. The van der Waals surface area contributed by atoms with Crippen LogP contribution >= 0.6 is 0 Å². The molecule has 154 valence electrons. The van der Waals surface area contributed by atoms with Crippen molar-refractivity contribution in [1.29, 1.82) is 0 Å². The van der Waals surface area contributed by atoms with Crippen LogP contribution in [0.15, 0.2) is 24.3 Å². The Labute approximate surface area is 166 Å². The van der Waals surface area contributed by atoms with Gasteiger partial charge in [0, 0.05) is 19.4 Å². The molecule has 7 nitrogen and oxygen atoms in total. The molecule has 0 saturated heterocycles. The van der Waals surface area contributed by atoms with Gasteiger partial charge >= 0.3 is 6.09 Å². The van der Waals surface area contributed by atoms with Crippen molar-refractivity contribution in [2.24, 2.45) is 5.92 Å². The second kappa shape index (κ2) is 10.1. The van der Waals surface area contributed by atoms with Crippen molar-refractivity contribution in [2.75, 3.05) is 17.2 Å². The molecule has 3 N–H and O–H groups in total. The maximum absolute atomic E-state index is 12.3. The van der Waals surface area contributed by atoms with E-state index in [-0.39, 0.29) is 24.8 Å². The molecule has 1 aromatic carbocycles. The van der Waals surface area contributed by atoms with Gasteiger partial charge in [-0.05, 0) is 51.7 Å². The standard InChI is InChI=1S/C21H31N3O4/c1-21(2,3)28-20(27)22-13-12-18(25)23-16-10-6-7-11-17(16)24-19(26)14-15-8-4-5-9-15/h6-7,10-11,15H,4-5,8-9,12-14H2,1-3H3,(H,22,27)(H,23,25)(H,24,26). The summed E-state index contributed by atoms with van der Waals surface area (Å²) in [6.45, 7) is 5.49. The largest absolute Gasteiger partial charge is 0.444 e. The molecule has 0 aliphatic heterocycles. The number of carbonyl (C=O) groups is 3. The van der Waals surface area contributed by atoms with Crippen LogP contribution in [0.3, 0.4) is 0 Å². The highest BCUT2D eigenvalue weighted by Crippen LogP contribution is 2.28. The van der Waals surface area contributed by atoms with Gasteiger partial charge in [0.25, 0.3) is 0 Å². The van der Waals surface area contributed by atoms with Gasteiger partial charge in [-0.15, -0.1) is 0 Å². The van der Waals surface area contributed by atoms with Gasteiger partial charge in [0.15, 0.2) is 0 Å². The number of hydrogen-bond donors (Lipinski definition) is 3. The summed E-state index contributed by atoms with van der Waals surface area (Å²) >= 11 is 0. The van der Waals surface area contributed by atoms with Crippen molar-refractivity contribution in [3.05, 3.63) is 24.3 Å². The van der Waals surface area contributed by atoms with E-state index in [9.17, 15) is 14.4 Å². The van der Waals surface area contributed by atoms with Crippen molar-refractivity contribution in [3.63, 3.8) is 0 Å². The van der Waals surface area contributed by atoms with E-state index in [0.717, 1.165) is 12.8 Å². The first-order valence-electron chi connectivity index (χ1n) is 9.88. The number of rotatable bonds is 7. The summed E-state index contributed by atoms with van der Waals surface area (Å²) < 4.78 is 5.13. The zero-order valence-corrected chi connectivity index (χ0v) is 17.0. The Morgan fingerprint density at radius 1 is 1.00 bits per heavy atom. The quantitative estimate of drug-likeness (QED) is 0.655. The van der Waals surface area contributed by atoms with Gasteiger partial charge in [-0.3, -0.25) is 9.59 Å². The van der Waals surface area contributed by atoms with Crippen LogP contribution in [0.5, 0.6) is 0 Å². The van der Waals surface area contributed by atoms with E-state index in [4.69, 9.17) is 4.74 Å². The molecule has 0 atom stereocenters. The van der Waals surface area contributed by atoms with Crippen LogP contribution in [0.4, 0.5) is 16.2 Å². The molecule has 1 aliphatic rings. The number of ether oxygens (including phenoxy) is 1. The number of alkyl carbamates (subject to hydrolysis) is 1. The number of nitrogens with one attached hydrogen (secondary N) is 3. The van der Waals surface area contributed by atoms with Crippen LogP contribution in [0.1, 0.15) is 59.3 Å². The summed E-state index contributed by atoms with van der Waals surface area (Å²) in [7, 11) is 0. The van der Waals surface area contributed by atoms with Crippen LogP contribution in [0.25, 0.3) is 0 Å². The zero-order chi connectivity index (χ0) is 20.6. The summed E-state index contributed by atoms with van der Waals surface area (Å²) in [6.07, 6.45) is 4.67. The number of hydrogen-bond acceptors (Lipinski definition) is 4. The monoisotopic (exact) mass is 389 g/mol. The van der Waals surface area contributed by atoms with Gasteiger partial charge in [0.05, 0.1) is 11.4 Å². The number of amides is 3. The molecule has 1 saturated carbocycles. The predicted octanol–water partition coefficient (Wildman–Crippen LogP) is 4.06. The lowest BCUT2D eigenvalue weighted by Gasteiger charge is -2.19. The van der Waals surface area contributed by atoms with Gasteiger partial charge in [-0.2, -0.15) is 0 Å². The molecule has 28 heavy (non-hydrogen) atoms. The maximum atomic E-state index is 12.3. The number of anilines is 2. The first-order valence-corrected chi connectivity index (χ1v) is 9.88.